The molecule has 1 aliphatic rings. The Balaban J connectivity index is 1.24. The number of phenols is 1. The molecule has 1 aliphatic heterocycles. The van der Waals surface area contributed by atoms with Crippen molar-refractivity contribution in [2.75, 3.05) is 22.1 Å². The number of aromatic nitrogens is 2. The Morgan fingerprint density at radius 3 is 2.67 bits per heavy atom. The molecule has 0 atom stereocenters. The van der Waals surface area contributed by atoms with Gasteiger partial charge in [0.2, 0.25) is 0 Å². The van der Waals surface area contributed by atoms with Crippen molar-refractivity contribution in [1.82, 2.24) is 9.97 Å². The topological polar surface area (TPSA) is 90.4 Å². The van der Waals surface area contributed by atoms with Gasteiger partial charge in [0.15, 0.2) is 5.13 Å². The van der Waals surface area contributed by atoms with Gasteiger partial charge in [-0.2, -0.15) is 0 Å². The third-order valence-corrected chi connectivity index (χ3v) is 9.49. The number of nitrogens with zero attached hydrogens (tertiary/aromatic N) is 3. The lowest BCUT2D eigenvalue weighted by Crippen LogP contribution is -2.27. The van der Waals surface area contributed by atoms with Crippen LogP contribution < -0.4 is 15.5 Å². The third-order valence-electron chi connectivity index (χ3n) is 7.25. The highest BCUT2D eigenvalue weighted by molar-refractivity contribution is 7.22. The number of carbonyl (C=O) groups is 1. The molecule has 0 unspecified atom stereocenters. The van der Waals surface area contributed by atoms with E-state index in [-0.39, 0.29) is 17.0 Å². The van der Waals surface area contributed by atoms with Gasteiger partial charge in [0.1, 0.15) is 16.6 Å². The summed E-state index contributed by atoms with van der Waals surface area (Å²) in [7, 11) is 0. The van der Waals surface area contributed by atoms with Gasteiger partial charge in [0, 0.05) is 22.5 Å². The first-order chi connectivity index (χ1) is 20.2. The van der Waals surface area contributed by atoms with E-state index in [1.54, 1.807) is 23.5 Å². The average molecular weight is 616 g/mol. The summed E-state index contributed by atoms with van der Waals surface area (Å²) in [5.74, 6) is -0.215. The molecule has 3 heterocycles. The normalized spacial score (nSPS) is 14.0. The van der Waals surface area contributed by atoms with Gasteiger partial charge in [-0.05, 0) is 66.2 Å². The minimum atomic E-state index is -0.480. The number of fused-ring (bicyclic) bond motifs is 3. The fourth-order valence-corrected chi connectivity index (χ4v) is 7.54. The van der Waals surface area contributed by atoms with Crippen LogP contribution in [0, 0.1) is 5.82 Å². The number of para-hydroxylation sites is 2. The van der Waals surface area contributed by atoms with Crippen molar-refractivity contribution in [3.05, 3.63) is 89.2 Å². The molecule has 6 aromatic rings. The summed E-state index contributed by atoms with van der Waals surface area (Å²) in [4.78, 5) is 24.4. The Bertz CT molecular complexity index is 2040. The lowest BCUT2D eigenvalue weighted by Gasteiger charge is -2.25. The molecule has 42 heavy (non-hydrogen) atoms. The molecule has 3 N–H and O–H groups in total. The van der Waals surface area contributed by atoms with Gasteiger partial charge in [-0.15, -0.1) is 11.3 Å². The second kappa shape index (κ2) is 9.94. The molecule has 0 bridgehead atoms. The monoisotopic (exact) mass is 615 g/mol. The van der Waals surface area contributed by atoms with E-state index in [1.165, 1.54) is 23.5 Å². The molecule has 7 rings (SSSR count). The molecule has 0 spiro atoms. The van der Waals surface area contributed by atoms with Crippen LogP contribution in [0.4, 0.5) is 31.4 Å². The van der Waals surface area contributed by atoms with E-state index in [2.05, 4.69) is 29.5 Å². The first-order valence-corrected chi connectivity index (χ1v) is 15.1. The zero-order valence-electron chi connectivity index (χ0n) is 22.4. The average Bonchev–Trinajstić information content (AvgIpc) is 3.62. The summed E-state index contributed by atoms with van der Waals surface area (Å²) >= 11 is 8.99. The molecular formula is C31H23ClFN5O2S2. The van der Waals surface area contributed by atoms with Crippen molar-refractivity contribution in [3.8, 4) is 16.3 Å². The maximum atomic E-state index is 13.6. The van der Waals surface area contributed by atoms with Crippen LogP contribution in [0.1, 0.15) is 19.4 Å². The number of amides is 2. The van der Waals surface area contributed by atoms with E-state index in [9.17, 15) is 14.3 Å². The Hall–Kier alpha value is -4.25. The molecule has 0 fully saturated rings. The molecule has 0 aliphatic carbocycles. The summed E-state index contributed by atoms with van der Waals surface area (Å²) in [5, 5.41) is 18.7. The second-order valence-corrected chi connectivity index (χ2v) is 13.2. The molecular weight excluding hydrogens is 593 g/mol. The number of hydrogen-bond acceptors (Lipinski definition) is 7. The predicted molar refractivity (Wildman–Crippen MR) is 170 cm³/mol. The first kappa shape index (κ1) is 26.6. The van der Waals surface area contributed by atoms with Gasteiger partial charge in [-0.3, -0.25) is 5.32 Å². The highest BCUT2D eigenvalue weighted by atomic mass is 35.5. The maximum Gasteiger partial charge on any atom is 0.325 e. The number of phenolic OH excluding ortho intramolecular Hbond substituents is 1. The largest absolute Gasteiger partial charge is 0.506 e. The standard InChI is InChI=1S/C31H23ClFN5O2S2/c1-31(2)15-38(27-23(39)11-9-18(26(27)31)28-34-21-13-16(32)7-12-24(21)41-28)22-6-4-3-5-19(22)35-29(40)37-30-36-20-10-8-17(33)14-25(20)42-30/h3-14,39H,15H2,1-2H3,(H2,35,36,37,40). The number of nitrogens with one attached hydrogen (secondary N) is 2. The Morgan fingerprint density at radius 1 is 0.976 bits per heavy atom. The number of carbonyl (C=O) groups excluding carboxylic acids is 1. The van der Waals surface area contributed by atoms with Crippen molar-refractivity contribution >= 4 is 82.9 Å². The van der Waals surface area contributed by atoms with Crippen molar-refractivity contribution < 1.29 is 14.3 Å². The molecule has 2 amide bonds. The first-order valence-electron chi connectivity index (χ1n) is 13.1. The number of urea groups is 1. The summed E-state index contributed by atoms with van der Waals surface area (Å²) in [6, 6.07) is 20.6. The molecule has 0 radical (unpaired) electrons. The smallest absolute Gasteiger partial charge is 0.325 e. The van der Waals surface area contributed by atoms with Crippen LogP contribution >= 0.6 is 34.3 Å². The molecule has 0 saturated carbocycles. The lowest BCUT2D eigenvalue weighted by atomic mass is 9.83. The van der Waals surface area contributed by atoms with E-state index in [0.29, 0.717) is 38.3 Å². The Labute approximate surface area is 253 Å². The van der Waals surface area contributed by atoms with Crippen LogP contribution in [0.2, 0.25) is 5.02 Å². The quantitative estimate of drug-likeness (QED) is 0.184. The summed E-state index contributed by atoms with van der Waals surface area (Å²) in [6.07, 6.45) is 0. The molecule has 2 aromatic heterocycles. The maximum absolute atomic E-state index is 13.6. The minimum absolute atomic E-state index is 0.143. The number of aromatic hydroxyl groups is 1. The van der Waals surface area contributed by atoms with Gasteiger partial charge >= 0.3 is 6.03 Å². The molecule has 0 saturated heterocycles. The number of benzene rings is 4. The van der Waals surface area contributed by atoms with Gasteiger partial charge in [0.05, 0.1) is 37.5 Å². The van der Waals surface area contributed by atoms with Crippen molar-refractivity contribution in [2.24, 2.45) is 0 Å². The number of thiazole rings is 2. The molecule has 7 nitrogen and oxygen atoms in total. The van der Waals surface area contributed by atoms with Gasteiger partial charge < -0.3 is 15.3 Å². The molecule has 11 heteroatoms. The predicted octanol–water partition coefficient (Wildman–Crippen LogP) is 9.14. The highest BCUT2D eigenvalue weighted by Crippen LogP contribution is 2.54. The van der Waals surface area contributed by atoms with Crippen LogP contribution in [-0.4, -0.2) is 27.7 Å². The zero-order chi connectivity index (χ0) is 29.2. The van der Waals surface area contributed by atoms with Crippen LogP contribution in [0.5, 0.6) is 5.75 Å². The summed E-state index contributed by atoms with van der Waals surface area (Å²) in [6.45, 7) is 4.84. The molecule has 4 aromatic carbocycles. The Kier molecular flexibility index (Phi) is 6.30. The van der Waals surface area contributed by atoms with Crippen LogP contribution in [0.25, 0.3) is 31.0 Å². The second-order valence-electron chi connectivity index (χ2n) is 10.7. The molecule has 210 valence electrons. The fraction of sp³-hybridized carbons (Fsp3) is 0.129. The lowest BCUT2D eigenvalue weighted by molar-refractivity contribution is 0.262. The van der Waals surface area contributed by atoms with Crippen LogP contribution in [0.3, 0.4) is 0 Å². The van der Waals surface area contributed by atoms with E-state index >= 15 is 0 Å². The zero-order valence-corrected chi connectivity index (χ0v) is 24.8. The fourth-order valence-electron chi connectivity index (χ4n) is 5.51. The van der Waals surface area contributed by atoms with E-state index in [0.717, 1.165) is 32.0 Å². The van der Waals surface area contributed by atoms with Crippen LogP contribution in [0.15, 0.2) is 72.8 Å². The van der Waals surface area contributed by atoms with E-state index < -0.39 is 6.03 Å². The highest BCUT2D eigenvalue weighted by Gasteiger charge is 2.41. The summed E-state index contributed by atoms with van der Waals surface area (Å²) in [5.41, 5.74) is 4.98. The van der Waals surface area contributed by atoms with Gasteiger partial charge in [0.25, 0.3) is 0 Å². The van der Waals surface area contributed by atoms with Crippen LogP contribution in [-0.2, 0) is 5.41 Å². The van der Waals surface area contributed by atoms with Gasteiger partial charge in [-0.1, -0.05) is 48.9 Å². The number of rotatable bonds is 4. The summed E-state index contributed by atoms with van der Waals surface area (Å²) < 4.78 is 15.3. The minimum Gasteiger partial charge on any atom is -0.506 e. The number of anilines is 4. The van der Waals surface area contributed by atoms with Crippen molar-refractivity contribution in [2.45, 2.75) is 19.3 Å². The Morgan fingerprint density at radius 2 is 1.81 bits per heavy atom. The third kappa shape index (κ3) is 4.61. The van der Waals surface area contributed by atoms with Gasteiger partial charge in [-0.25, -0.2) is 19.2 Å². The van der Waals surface area contributed by atoms with Crippen molar-refractivity contribution in [3.63, 3.8) is 0 Å². The van der Waals surface area contributed by atoms with E-state index in [4.69, 9.17) is 16.6 Å². The number of halogens is 2. The van der Waals surface area contributed by atoms with Crippen molar-refractivity contribution in [1.29, 1.82) is 0 Å². The SMILES string of the molecule is CC1(C)CN(c2ccccc2NC(=O)Nc2nc3ccc(F)cc3s2)c2c(O)ccc(-c3nc4cc(Cl)ccc4s3)c21. The van der Waals surface area contributed by atoms with E-state index in [1.807, 2.05) is 53.4 Å². The number of hydrogen-bond donors (Lipinski definition) is 3.